The van der Waals surface area contributed by atoms with Crippen LogP contribution in [0, 0.1) is 10.1 Å². The normalized spacial score (nSPS) is 18.0. The fourth-order valence-electron chi connectivity index (χ4n) is 1.96. The Labute approximate surface area is 129 Å². The third kappa shape index (κ3) is 3.62. The Hall–Kier alpha value is -1.86. The predicted octanol–water partition coefficient (Wildman–Crippen LogP) is 1.91. The SMILES string of the molecule is O=C1CCC(NC(=O)c2cc(Cl)c(Cl)c([N+](=O)[O-])c2)CN1. The topological polar surface area (TPSA) is 101 Å². The molecule has 9 heteroatoms. The summed E-state index contributed by atoms with van der Waals surface area (Å²) in [6, 6.07) is 2.13. The molecule has 2 amide bonds. The molecule has 7 nitrogen and oxygen atoms in total. The van der Waals surface area contributed by atoms with Crippen LogP contribution in [0.15, 0.2) is 12.1 Å². The van der Waals surface area contributed by atoms with Gasteiger partial charge in [-0.15, -0.1) is 0 Å². The fourth-order valence-corrected chi connectivity index (χ4v) is 2.36. The van der Waals surface area contributed by atoms with Crippen LogP contribution in [0.5, 0.6) is 0 Å². The molecular formula is C12H11Cl2N3O4. The molecule has 0 bridgehead atoms. The second-order valence-electron chi connectivity index (χ2n) is 4.56. The minimum absolute atomic E-state index is 0.0491. The van der Waals surface area contributed by atoms with E-state index in [-0.39, 0.29) is 27.6 Å². The quantitative estimate of drug-likeness (QED) is 0.652. The average Bonchev–Trinajstić information content (AvgIpc) is 2.43. The van der Waals surface area contributed by atoms with E-state index in [1.54, 1.807) is 0 Å². The molecule has 1 aliphatic heterocycles. The van der Waals surface area contributed by atoms with Crippen molar-refractivity contribution in [2.24, 2.45) is 0 Å². The van der Waals surface area contributed by atoms with Gasteiger partial charge in [-0.2, -0.15) is 0 Å². The highest BCUT2D eigenvalue weighted by atomic mass is 35.5. The van der Waals surface area contributed by atoms with Crippen molar-refractivity contribution in [3.63, 3.8) is 0 Å². The molecule has 21 heavy (non-hydrogen) atoms. The number of hydrogen-bond acceptors (Lipinski definition) is 4. The third-order valence-electron chi connectivity index (χ3n) is 3.07. The number of piperidine rings is 1. The molecule has 1 fully saturated rings. The van der Waals surface area contributed by atoms with Gasteiger partial charge >= 0.3 is 0 Å². The molecule has 1 aliphatic rings. The first kappa shape index (κ1) is 15.5. The van der Waals surface area contributed by atoms with Gasteiger partial charge in [-0.3, -0.25) is 19.7 Å². The van der Waals surface area contributed by atoms with Gasteiger partial charge in [0.1, 0.15) is 5.02 Å². The summed E-state index contributed by atoms with van der Waals surface area (Å²) >= 11 is 11.5. The number of nitrogens with zero attached hydrogens (tertiary/aromatic N) is 1. The number of halogens is 2. The maximum absolute atomic E-state index is 12.1. The second-order valence-corrected chi connectivity index (χ2v) is 5.35. The summed E-state index contributed by atoms with van der Waals surface area (Å²) < 4.78 is 0. The largest absolute Gasteiger partial charge is 0.354 e. The minimum atomic E-state index is -0.703. The molecule has 1 aromatic carbocycles. The number of benzene rings is 1. The molecule has 1 heterocycles. The molecule has 0 aromatic heterocycles. The second kappa shape index (κ2) is 6.28. The summed E-state index contributed by atoms with van der Waals surface area (Å²) in [6.07, 6.45) is 0.841. The number of rotatable bonds is 3. The molecule has 1 aromatic rings. The van der Waals surface area contributed by atoms with Crippen LogP contribution in [0.4, 0.5) is 5.69 Å². The van der Waals surface area contributed by atoms with Crippen molar-refractivity contribution < 1.29 is 14.5 Å². The summed E-state index contributed by atoms with van der Waals surface area (Å²) in [5.74, 6) is -0.566. The van der Waals surface area contributed by atoms with Crippen LogP contribution in [0.1, 0.15) is 23.2 Å². The lowest BCUT2D eigenvalue weighted by atomic mass is 10.1. The highest BCUT2D eigenvalue weighted by Gasteiger charge is 2.23. The monoisotopic (exact) mass is 331 g/mol. The first-order valence-electron chi connectivity index (χ1n) is 6.09. The van der Waals surface area contributed by atoms with Crippen molar-refractivity contribution in [1.82, 2.24) is 10.6 Å². The van der Waals surface area contributed by atoms with Crippen LogP contribution in [-0.4, -0.2) is 29.3 Å². The van der Waals surface area contributed by atoms with Crippen LogP contribution >= 0.6 is 23.2 Å². The number of carbonyl (C=O) groups is 2. The predicted molar refractivity (Wildman–Crippen MR) is 76.6 cm³/mol. The van der Waals surface area contributed by atoms with Gasteiger partial charge in [0.15, 0.2) is 0 Å². The molecule has 1 atom stereocenters. The van der Waals surface area contributed by atoms with E-state index in [0.717, 1.165) is 6.07 Å². The van der Waals surface area contributed by atoms with E-state index in [0.29, 0.717) is 19.4 Å². The molecule has 1 saturated heterocycles. The highest BCUT2D eigenvalue weighted by molar-refractivity contribution is 6.43. The lowest BCUT2D eigenvalue weighted by Crippen LogP contribution is -2.47. The lowest BCUT2D eigenvalue weighted by Gasteiger charge is -2.23. The number of hydrogen-bond donors (Lipinski definition) is 2. The summed E-state index contributed by atoms with van der Waals surface area (Å²) in [5, 5.41) is 15.9. The molecule has 1 unspecified atom stereocenters. The van der Waals surface area contributed by atoms with Crippen LogP contribution in [0.2, 0.25) is 10.0 Å². The van der Waals surface area contributed by atoms with Crippen LogP contribution in [0.25, 0.3) is 0 Å². The Balaban J connectivity index is 2.16. The lowest BCUT2D eigenvalue weighted by molar-refractivity contribution is -0.384. The zero-order valence-corrected chi connectivity index (χ0v) is 12.2. The molecule has 0 radical (unpaired) electrons. The standard InChI is InChI=1S/C12H11Cl2N3O4/c13-8-3-6(4-9(11(8)14)17(20)21)12(19)16-7-1-2-10(18)15-5-7/h3-4,7H,1-2,5H2,(H,15,18)(H,16,19). The Morgan fingerprint density at radius 1 is 1.43 bits per heavy atom. The molecule has 2 N–H and O–H groups in total. The number of nitro benzene ring substituents is 1. The number of amides is 2. The van der Waals surface area contributed by atoms with Crippen molar-refractivity contribution >= 4 is 40.7 Å². The van der Waals surface area contributed by atoms with E-state index in [1.165, 1.54) is 6.07 Å². The van der Waals surface area contributed by atoms with Crippen LogP contribution in [-0.2, 0) is 4.79 Å². The van der Waals surface area contributed by atoms with Gasteiger partial charge in [-0.25, -0.2) is 0 Å². The van der Waals surface area contributed by atoms with Crippen molar-refractivity contribution in [3.05, 3.63) is 37.9 Å². The molecule has 112 valence electrons. The average molecular weight is 332 g/mol. The van der Waals surface area contributed by atoms with E-state index < -0.39 is 16.5 Å². The molecule has 0 saturated carbocycles. The Morgan fingerprint density at radius 3 is 2.71 bits per heavy atom. The highest BCUT2D eigenvalue weighted by Crippen LogP contribution is 2.33. The van der Waals surface area contributed by atoms with E-state index in [1.807, 2.05) is 0 Å². The summed E-state index contributed by atoms with van der Waals surface area (Å²) in [7, 11) is 0. The molecular weight excluding hydrogens is 321 g/mol. The van der Waals surface area contributed by atoms with Gasteiger partial charge in [-0.1, -0.05) is 23.2 Å². The van der Waals surface area contributed by atoms with E-state index in [4.69, 9.17) is 23.2 Å². The van der Waals surface area contributed by atoms with Crippen molar-refractivity contribution in [2.75, 3.05) is 6.54 Å². The zero-order chi connectivity index (χ0) is 15.6. The van der Waals surface area contributed by atoms with Gasteiger partial charge in [0, 0.05) is 30.6 Å². The van der Waals surface area contributed by atoms with Gasteiger partial charge < -0.3 is 10.6 Å². The van der Waals surface area contributed by atoms with Crippen molar-refractivity contribution in [1.29, 1.82) is 0 Å². The number of nitrogens with one attached hydrogen (secondary N) is 2. The number of carbonyl (C=O) groups excluding carboxylic acids is 2. The van der Waals surface area contributed by atoms with Crippen molar-refractivity contribution in [2.45, 2.75) is 18.9 Å². The molecule has 0 spiro atoms. The Bertz CT molecular complexity index is 611. The van der Waals surface area contributed by atoms with Crippen LogP contribution < -0.4 is 10.6 Å². The van der Waals surface area contributed by atoms with Crippen LogP contribution in [0.3, 0.4) is 0 Å². The van der Waals surface area contributed by atoms with Gasteiger partial charge in [0.25, 0.3) is 11.6 Å². The fraction of sp³-hybridized carbons (Fsp3) is 0.333. The zero-order valence-electron chi connectivity index (χ0n) is 10.7. The summed E-state index contributed by atoms with van der Waals surface area (Å²) in [5.41, 5.74) is -0.376. The third-order valence-corrected chi connectivity index (χ3v) is 3.86. The first-order valence-corrected chi connectivity index (χ1v) is 6.85. The first-order chi connectivity index (χ1) is 9.88. The van der Waals surface area contributed by atoms with Gasteiger partial charge in [0.05, 0.1) is 9.95 Å². The molecule has 2 rings (SSSR count). The van der Waals surface area contributed by atoms with Gasteiger partial charge in [0.2, 0.25) is 5.91 Å². The number of nitro groups is 1. The van der Waals surface area contributed by atoms with E-state index >= 15 is 0 Å². The van der Waals surface area contributed by atoms with Gasteiger partial charge in [-0.05, 0) is 12.5 Å². The maximum atomic E-state index is 12.1. The van der Waals surface area contributed by atoms with Crippen molar-refractivity contribution in [3.8, 4) is 0 Å². The Morgan fingerprint density at radius 2 is 2.14 bits per heavy atom. The Kier molecular flexibility index (Phi) is 4.64. The minimum Gasteiger partial charge on any atom is -0.354 e. The smallest absolute Gasteiger partial charge is 0.290 e. The summed E-state index contributed by atoms with van der Waals surface area (Å²) in [6.45, 7) is 0.327. The molecule has 0 aliphatic carbocycles. The van der Waals surface area contributed by atoms with E-state index in [2.05, 4.69) is 10.6 Å². The van der Waals surface area contributed by atoms with E-state index in [9.17, 15) is 19.7 Å². The maximum Gasteiger partial charge on any atom is 0.290 e. The summed E-state index contributed by atoms with van der Waals surface area (Å²) in [4.78, 5) is 33.3.